The van der Waals surface area contributed by atoms with Gasteiger partial charge < -0.3 is 5.32 Å². The summed E-state index contributed by atoms with van der Waals surface area (Å²) in [6.45, 7) is 3.34. The van der Waals surface area contributed by atoms with Crippen molar-refractivity contribution >= 4 is 16.9 Å². The Morgan fingerprint density at radius 2 is 1.77 bits per heavy atom. The summed E-state index contributed by atoms with van der Waals surface area (Å²) in [7, 11) is 3.14. The summed E-state index contributed by atoms with van der Waals surface area (Å²) >= 11 is 0. The van der Waals surface area contributed by atoms with Crippen molar-refractivity contribution in [3.63, 3.8) is 0 Å². The van der Waals surface area contributed by atoms with E-state index in [1.807, 2.05) is 6.07 Å². The number of amides is 1. The van der Waals surface area contributed by atoms with Gasteiger partial charge in [-0.05, 0) is 69.7 Å². The molecular formula is C22H31N5O3. The first kappa shape index (κ1) is 20.8. The van der Waals surface area contributed by atoms with E-state index in [4.69, 9.17) is 4.98 Å². The molecule has 162 valence electrons. The van der Waals surface area contributed by atoms with Crippen LogP contribution in [0.25, 0.3) is 11.0 Å². The van der Waals surface area contributed by atoms with E-state index in [-0.39, 0.29) is 17.2 Å². The molecule has 4 rings (SSSR count). The number of fused-ring (bicyclic) bond motifs is 1. The standard InChI is InChI=1S/C22H31N5O3/c1-25-20-17(21(29)26(2)22(25)30)9-10-18(24-20)16-7-5-15(6-8-16)13-23-19(28)14-27-11-3-4-12-27/h9-10,15-16H,3-8,11-14H2,1-2H3,(H,23,28). The molecule has 1 aliphatic carbocycles. The van der Waals surface area contributed by atoms with Gasteiger partial charge in [0.15, 0.2) is 0 Å². The highest BCUT2D eigenvalue weighted by Crippen LogP contribution is 2.35. The molecule has 30 heavy (non-hydrogen) atoms. The Bertz CT molecular complexity index is 1040. The third kappa shape index (κ3) is 4.19. The average Bonchev–Trinajstić information content (AvgIpc) is 3.27. The second kappa shape index (κ2) is 8.71. The molecule has 0 bridgehead atoms. The summed E-state index contributed by atoms with van der Waals surface area (Å²) in [5.74, 6) is 0.962. The van der Waals surface area contributed by atoms with Gasteiger partial charge in [-0.25, -0.2) is 9.78 Å². The van der Waals surface area contributed by atoms with Crippen LogP contribution in [0.4, 0.5) is 0 Å². The minimum Gasteiger partial charge on any atom is -0.355 e. The molecule has 2 fully saturated rings. The number of pyridine rings is 1. The van der Waals surface area contributed by atoms with E-state index >= 15 is 0 Å². The van der Waals surface area contributed by atoms with Crippen LogP contribution in [0, 0.1) is 5.92 Å². The minimum absolute atomic E-state index is 0.137. The van der Waals surface area contributed by atoms with Crippen LogP contribution < -0.4 is 16.6 Å². The fourth-order valence-corrected chi connectivity index (χ4v) is 4.82. The minimum atomic E-state index is -0.356. The number of aromatic nitrogens is 3. The fourth-order valence-electron chi connectivity index (χ4n) is 4.82. The van der Waals surface area contributed by atoms with Gasteiger partial charge in [-0.15, -0.1) is 0 Å². The molecule has 1 saturated carbocycles. The maximum atomic E-state index is 12.3. The van der Waals surface area contributed by atoms with Crippen molar-refractivity contribution in [1.82, 2.24) is 24.3 Å². The summed E-state index contributed by atoms with van der Waals surface area (Å²) in [6, 6.07) is 3.72. The van der Waals surface area contributed by atoms with Crippen molar-refractivity contribution in [2.24, 2.45) is 20.0 Å². The average molecular weight is 414 g/mol. The van der Waals surface area contributed by atoms with Crippen molar-refractivity contribution in [2.45, 2.75) is 44.4 Å². The van der Waals surface area contributed by atoms with Crippen LogP contribution in [0.15, 0.2) is 21.7 Å². The molecule has 0 atom stereocenters. The molecule has 0 spiro atoms. The van der Waals surface area contributed by atoms with E-state index in [1.165, 1.54) is 24.5 Å². The summed E-state index contributed by atoms with van der Waals surface area (Å²) in [6.07, 6.45) is 6.49. The quantitative estimate of drug-likeness (QED) is 0.793. The Kier molecular flexibility index (Phi) is 6.04. The van der Waals surface area contributed by atoms with Crippen LogP contribution in [0.2, 0.25) is 0 Å². The third-order valence-corrected chi connectivity index (χ3v) is 6.74. The lowest BCUT2D eigenvalue weighted by Crippen LogP contribution is -2.38. The zero-order chi connectivity index (χ0) is 21.3. The van der Waals surface area contributed by atoms with E-state index < -0.39 is 0 Å². The van der Waals surface area contributed by atoms with Gasteiger partial charge in [0.05, 0.1) is 11.9 Å². The zero-order valence-corrected chi connectivity index (χ0v) is 17.9. The first-order valence-corrected chi connectivity index (χ1v) is 11.0. The molecule has 0 radical (unpaired) electrons. The molecule has 2 aromatic heterocycles. The molecule has 3 heterocycles. The van der Waals surface area contributed by atoms with E-state index in [2.05, 4.69) is 10.2 Å². The molecule has 8 nitrogen and oxygen atoms in total. The first-order chi connectivity index (χ1) is 14.4. The predicted octanol–water partition coefficient (Wildman–Crippen LogP) is 1.12. The lowest BCUT2D eigenvalue weighted by atomic mass is 9.80. The summed E-state index contributed by atoms with van der Waals surface area (Å²) in [5.41, 5.74) is 0.741. The van der Waals surface area contributed by atoms with Crippen LogP contribution >= 0.6 is 0 Å². The Labute approximate surface area is 175 Å². The number of likely N-dealkylation sites (tertiary alicyclic amines) is 1. The van der Waals surface area contributed by atoms with Crippen LogP contribution in [-0.2, 0) is 18.9 Å². The van der Waals surface area contributed by atoms with Crippen molar-refractivity contribution in [3.05, 3.63) is 38.7 Å². The number of hydrogen-bond donors (Lipinski definition) is 1. The summed E-state index contributed by atoms with van der Waals surface area (Å²) in [5, 5.41) is 3.58. The van der Waals surface area contributed by atoms with Crippen molar-refractivity contribution in [1.29, 1.82) is 0 Å². The molecule has 8 heteroatoms. The van der Waals surface area contributed by atoms with Crippen LogP contribution in [0.3, 0.4) is 0 Å². The second-order valence-electron chi connectivity index (χ2n) is 8.82. The van der Waals surface area contributed by atoms with E-state index in [0.717, 1.165) is 55.6 Å². The number of nitrogens with zero attached hydrogens (tertiary/aromatic N) is 4. The molecule has 0 aromatic carbocycles. The lowest BCUT2D eigenvalue weighted by molar-refractivity contribution is -0.122. The highest BCUT2D eigenvalue weighted by molar-refractivity contribution is 5.78. The SMILES string of the molecule is Cn1c(=O)c2ccc(C3CCC(CNC(=O)CN4CCCC4)CC3)nc2n(C)c1=O. The molecule has 1 N–H and O–H groups in total. The van der Waals surface area contributed by atoms with Crippen molar-refractivity contribution in [2.75, 3.05) is 26.2 Å². The topological polar surface area (TPSA) is 89.2 Å². The molecule has 0 unspecified atom stereocenters. The molecule has 2 aromatic rings. The smallest absolute Gasteiger partial charge is 0.332 e. The molecular weight excluding hydrogens is 382 g/mol. The van der Waals surface area contributed by atoms with Gasteiger partial charge in [0.1, 0.15) is 5.65 Å². The Balaban J connectivity index is 1.36. The predicted molar refractivity (Wildman–Crippen MR) is 116 cm³/mol. The Morgan fingerprint density at radius 1 is 1.07 bits per heavy atom. The number of rotatable bonds is 5. The largest absolute Gasteiger partial charge is 0.355 e. The number of carbonyl (C=O) groups excluding carboxylic acids is 1. The zero-order valence-electron chi connectivity index (χ0n) is 17.9. The monoisotopic (exact) mass is 413 g/mol. The Morgan fingerprint density at radius 3 is 2.47 bits per heavy atom. The second-order valence-corrected chi connectivity index (χ2v) is 8.82. The van der Waals surface area contributed by atoms with Gasteiger partial charge in [-0.1, -0.05) is 0 Å². The maximum Gasteiger partial charge on any atom is 0.332 e. The third-order valence-electron chi connectivity index (χ3n) is 6.74. The number of aryl methyl sites for hydroxylation is 1. The van der Waals surface area contributed by atoms with Crippen LogP contribution in [-0.4, -0.2) is 51.1 Å². The highest BCUT2D eigenvalue weighted by atomic mass is 16.2. The van der Waals surface area contributed by atoms with E-state index in [0.29, 0.717) is 29.4 Å². The van der Waals surface area contributed by atoms with E-state index in [1.54, 1.807) is 13.1 Å². The van der Waals surface area contributed by atoms with Gasteiger partial charge in [0, 0.05) is 32.3 Å². The molecule has 1 aliphatic heterocycles. The summed E-state index contributed by atoms with van der Waals surface area (Å²) < 4.78 is 2.56. The van der Waals surface area contributed by atoms with Crippen molar-refractivity contribution < 1.29 is 4.79 Å². The van der Waals surface area contributed by atoms with E-state index in [9.17, 15) is 14.4 Å². The van der Waals surface area contributed by atoms with Gasteiger partial charge in [0.25, 0.3) is 5.56 Å². The van der Waals surface area contributed by atoms with Gasteiger partial charge in [0.2, 0.25) is 5.91 Å². The first-order valence-electron chi connectivity index (χ1n) is 11.0. The maximum absolute atomic E-state index is 12.3. The van der Waals surface area contributed by atoms with Gasteiger partial charge in [-0.2, -0.15) is 0 Å². The van der Waals surface area contributed by atoms with Crippen LogP contribution in [0.1, 0.15) is 50.1 Å². The highest BCUT2D eigenvalue weighted by Gasteiger charge is 2.25. The van der Waals surface area contributed by atoms with Crippen LogP contribution in [0.5, 0.6) is 0 Å². The Hall–Kier alpha value is -2.48. The lowest BCUT2D eigenvalue weighted by Gasteiger charge is -2.28. The molecule has 1 saturated heterocycles. The molecule has 1 amide bonds. The number of carbonyl (C=O) groups is 1. The normalized spacial score (nSPS) is 22.5. The fraction of sp³-hybridized carbons (Fsp3) is 0.636. The number of nitrogens with one attached hydrogen (secondary N) is 1. The van der Waals surface area contributed by atoms with Gasteiger partial charge in [-0.3, -0.25) is 23.6 Å². The van der Waals surface area contributed by atoms with Crippen molar-refractivity contribution in [3.8, 4) is 0 Å². The number of hydrogen-bond acceptors (Lipinski definition) is 5. The molecule has 2 aliphatic rings. The van der Waals surface area contributed by atoms with Gasteiger partial charge >= 0.3 is 5.69 Å². The summed E-state index contributed by atoms with van der Waals surface area (Å²) in [4.78, 5) is 43.6.